The normalized spacial score (nSPS) is 20.0. The molecule has 2 aromatic carbocycles. The van der Waals surface area contributed by atoms with Crippen LogP contribution in [0.15, 0.2) is 54.7 Å². The first-order chi connectivity index (χ1) is 22.1. The number of amides is 4. The maximum atomic E-state index is 15.2. The van der Waals surface area contributed by atoms with Gasteiger partial charge in [-0.15, -0.1) is 0 Å². The molecule has 0 saturated carbocycles. The van der Waals surface area contributed by atoms with Gasteiger partial charge in [-0.1, -0.05) is 18.2 Å². The van der Waals surface area contributed by atoms with Crippen LogP contribution in [0.3, 0.4) is 0 Å². The molecular weight excluding hydrogens is 593 g/mol. The number of piperazine rings is 1. The van der Waals surface area contributed by atoms with Gasteiger partial charge >= 0.3 is 0 Å². The molecule has 0 bridgehead atoms. The van der Waals surface area contributed by atoms with E-state index in [0.29, 0.717) is 29.1 Å². The number of aliphatic hydroxyl groups is 1. The second kappa shape index (κ2) is 12.9. The Labute approximate surface area is 265 Å². The van der Waals surface area contributed by atoms with E-state index in [-0.39, 0.29) is 42.2 Å². The molecule has 0 spiro atoms. The lowest BCUT2D eigenvalue weighted by molar-refractivity contribution is -0.131. The maximum Gasteiger partial charge on any atom is 0.271 e. The number of nitrogens with one attached hydrogen (secondary N) is 2. The van der Waals surface area contributed by atoms with Crippen LogP contribution in [0, 0.1) is 5.82 Å². The highest BCUT2D eigenvalue weighted by atomic mass is 19.1. The van der Waals surface area contributed by atoms with Gasteiger partial charge in [-0.3, -0.25) is 29.0 Å². The van der Waals surface area contributed by atoms with Crippen LogP contribution in [-0.4, -0.2) is 101 Å². The number of aliphatic hydroxyl groups excluding tert-OH is 1. The second-order valence-corrected chi connectivity index (χ2v) is 12.0. The van der Waals surface area contributed by atoms with Crippen molar-refractivity contribution in [1.29, 1.82) is 0 Å². The van der Waals surface area contributed by atoms with Crippen molar-refractivity contribution in [3.8, 4) is 0 Å². The Morgan fingerprint density at radius 3 is 2.50 bits per heavy atom. The summed E-state index contributed by atoms with van der Waals surface area (Å²) in [4.78, 5) is 62.2. The molecule has 6 rings (SSSR count). The molecule has 4 amide bonds. The average molecular weight is 630 g/mol. The maximum absolute atomic E-state index is 15.2. The van der Waals surface area contributed by atoms with E-state index in [9.17, 15) is 24.3 Å². The van der Waals surface area contributed by atoms with Crippen LogP contribution in [-0.2, 0) is 17.9 Å². The van der Waals surface area contributed by atoms with E-state index in [1.54, 1.807) is 50.6 Å². The molecular formula is C33H36FN7O5. The Kier molecular flexibility index (Phi) is 8.69. The highest BCUT2D eigenvalue weighted by Gasteiger charge is 2.45. The third-order valence-electron chi connectivity index (χ3n) is 8.69. The molecule has 240 valence electrons. The van der Waals surface area contributed by atoms with Crippen molar-refractivity contribution in [2.24, 2.45) is 0 Å². The van der Waals surface area contributed by atoms with E-state index in [1.807, 2.05) is 12.1 Å². The zero-order chi connectivity index (χ0) is 32.5. The number of halogens is 1. The van der Waals surface area contributed by atoms with Gasteiger partial charge in [-0.05, 0) is 48.7 Å². The molecule has 2 unspecified atom stereocenters. The van der Waals surface area contributed by atoms with Gasteiger partial charge in [0.05, 0.1) is 23.0 Å². The Balaban J connectivity index is 1.05. The van der Waals surface area contributed by atoms with Crippen LogP contribution in [0.25, 0.3) is 0 Å². The van der Waals surface area contributed by atoms with Gasteiger partial charge in [0.1, 0.15) is 23.8 Å². The standard InChI is InChI=1S/C33H36FN7O5/c1-38(2)32(45)26-9-8-22(18-36-26)40-14-12-39(13-15-40)19-21-7-6-20(16-24(21)34)17-35-25-5-3-4-23-29(25)33(46)41(31(23)44)27-10-11-28(42)37-30(27)43/h3-9,16,18,27-28,35,42H,10-15,17,19H2,1-2H3,(H,37,43). The molecule has 12 nitrogen and oxygen atoms in total. The Morgan fingerprint density at radius 2 is 1.83 bits per heavy atom. The van der Waals surface area contributed by atoms with Crippen LogP contribution in [0.2, 0.25) is 0 Å². The van der Waals surface area contributed by atoms with E-state index >= 15 is 4.39 Å². The fourth-order valence-electron chi connectivity index (χ4n) is 6.12. The number of anilines is 2. The molecule has 46 heavy (non-hydrogen) atoms. The SMILES string of the molecule is CN(C)C(=O)c1ccc(N2CCN(Cc3ccc(CNc4cccc5c4C(=O)N(C4CCC(O)NC4=O)C5=O)cc3F)CC2)cn1. The number of carbonyl (C=O) groups is 4. The van der Waals surface area contributed by atoms with Crippen molar-refractivity contribution in [2.45, 2.75) is 38.2 Å². The minimum Gasteiger partial charge on any atom is -0.380 e. The fourth-order valence-corrected chi connectivity index (χ4v) is 6.12. The quantitative estimate of drug-likeness (QED) is 0.320. The first kappa shape index (κ1) is 31.1. The summed E-state index contributed by atoms with van der Waals surface area (Å²) in [6.45, 7) is 3.67. The number of fused-ring (bicyclic) bond motifs is 1. The van der Waals surface area contributed by atoms with E-state index in [1.165, 1.54) is 11.0 Å². The van der Waals surface area contributed by atoms with Crippen LogP contribution in [0.5, 0.6) is 0 Å². The van der Waals surface area contributed by atoms with Gasteiger partial charge in [-0.2, -0.15) is 0 Å². The lowest BCUT2D eigenvalue weighted by Crippen LogP contribution is -2.55. The number of rotatable bonds is 8. The second-order valence-electron chi connectivity index (χ2n) is 12.0. The van der Waals surface area contributed by atoms with Gasteiger partial charge in [0.15, 0.2) is 0 Å². The Bertz CT molecular complexity index is 1670. The van der Waals surface area contributed by atoms with Gasteiger partial charge in [-0.25, -0.2) is 9.37 Å². The van der Waals surface area contributed by atoms with Crippen molar-refractivity contribution >= 4 is 35.0 Å². The van der Waals surface area contributed by atoms with Crippen molar-refractivity contribution < 1.29 is 28.7 Å². The molecule has 3 aliphatic heterocycles. The molecule has 3 aromatic rings. The Hall–Kier alpha value is -4.88. The minimum absolute atomic E-state index is 0.143. The third-order valence-corrected chi connectivity index (χ3v) is 8.69. The summed E-state index contributed by atoms with van der Waals surface area (Å²) < 4.78 is 15.2. The molecule has 2 atom stereocenters. The summed E-state index contributed by atoms with van der Waals surface area (Å²) in [5.74, 6) is -2.16. The number of benzene rings is 2. The highest BCUT2D eigenvalue weighted by Crippen LogP contribution is 2.33. The predicted molar refractivity (Wildman–Crippen MR) is 168 cm³/mol. The summed E-state index contributed by atoms with van der Waals surface area (Å²) in [5.41, 5.74) is 3.39. The molecule has 1 aromatic heterocycles. The van der Waals surface area contributed by atoms with E-state index in [2.05, 4.69) is 25.4 Å². The molecule has 3 N–H and O–H groups in total. The average Bonchev–Trinajstić information content (AvgIpc) is 3.30. The largest absolute Gasteiger partial charge is 0.380 e. The number of aromatic nitrogens is 1. The monoisotopic (exact) mass is 629 g/mol. The van der Waals surface area contributed by atoms with Crippen LogP contribution < -0.4 is 15.5 Å². The van der Waals surface area contributed by atoms with E-state index < -0.39 is 30.0 Å². The third kappa shape index (κ3) is 6.15. The van der Waals surface area contributed by atoms with Gasteiger partial charge in [0.25, 0.3) is 17.7 Å². The smallest absolute Gasteiger partial charge is 0.271 e. The van der Waals surface area contributed by atoms with Crippen LogP contribution >= 0.6 is 0 Å². The summed E-state index contributed by atoms with van der Waals surface area (Å²) in [6.07, 6.45) is 1.13. The fraction of sp³-hybridized carbons (Fsp3) is 0.364. The zero-order valence-corrected chi connectivity index (χ0v) is 25.7. The molecule has 4 heterocycles. The van der Waals surface area contributed by atoms with Crippen molar-refractivity contribution in [1.82, 2.24) is 25.0 Å². The molecule has 0 aliphatic carbocycles. The van der Waals surface area contributed by atoms with Crippen LogP contribution in [0.1, 0.15) is 55.2 Å². The number of pyridine rings is 1. The van der Waals surface area contributed by atoms with Crippen LogP contribution in [0.4, 0.5) is 15.8 Å². The van der Waals surface area contributed by atoms with Gasteiger partial charge in [0.2, 0.25) is 5.91 Å². The molecule has 13 heteroatoms. The first-order valence-electron chi connectivity index (χ1n) is 15.3. The highest BCUT2D eigenvalue weighted by molar-refractivity contribution is 6.25. The topological polar surface area (TPSA) is 138 Å². The molecule has 2 fully saturated rings. The van der Waals surface area contributed by atoms with Crippen molar-refractivity contribution in [3.05, 3.63) is 88.5 Å². The Morgan fingerprint density at radius 1 is 1.04 bits per heavy atom. The zero-order valence-electron chi connectivity index (χ0n) is 25.7. The summed E-state index contributed by atoms with van der Waals surface area (Å²) in [6, 6.07) is 12.6. The van der Waals surface area contributed by atoms with Gasteiger partial charge in [0, 0.05) is 64.6 Å². The number of carbonyl (C=O) groups excluding carboxylic acids is 4. The first-order valence-corrected chi connectivity index (χ1v) is 15.3. The van der Waals surface area contributed by atoms with Gasteiger partial charge < -0.3 is 25.5 Å². The number of imide groups is 1. The lowest BCUT2D eigenvalue weighted by atomic mass is 10.0. The molecule has 3 aliphatic rings. The minimum atomic E-state index is -0.998. The summed E-state index contributed by atoms with van der Waals surface area (Å²) in [7, 11) is 3.38. The number of nitrogens with zero attached hydrogens (tertiary/aromatic N) is 5. The molecule has 0 radical (unpaired) electrons. The van der Waals surface area contributed by atoms with E-state index in [0.717, 1.165) is 36.8 Å². The van der Waals surface area contributed by atoms with E-state index in [4.69, 9.17) is 0 Å². The predicted octanol–water partition coefficient (Wildman–Crippen LogP) is 2.05. The van der Waals surface area contributed by atoms with Crippen molar-refractivity contribution in [2.75, 3.05) is 50.5 Å². The summed E-state index contributed by atoms with van der Waals surface area (Å²) >= 11 is 0. The van der Waals surface area contributed by atoms with Crippen molar-refractivity contribution in [3.63, 3.8) is 0 Å². The number of hydrogen-bond acceptors (Lipinski definition) is 9. The number of piperidine rings is 1. The number of hydrogen-bond donors (Lipinski definition) is 3. The lowest BCUT2D eigenvalue weighted by Gasteiger charge is -2.36. The molecule has 2 saturated heterocycles. The summed E-state index contributed by atoms with van der Waals surface area (Å²) in [5, 5.41) is 15.3.